The highest BCUT2D eigenvalue weighted by Crippen LogP contribution is 2.22. The van der Waals surface area contributed by atoms with Gasteiger partial charge in [0.25, 0.3) is 0 Å². The molecule has 1 saturated carbocycles. The van der Waals surface area contributed by atoms with Crippen molar-refractivity contribution in [1.29, 1.82) is 0 Å². The van der Waals surface area contributed by atoms with Gasteiger partial charge >= 0.3 is 10.2 Å². The third-order valence-corrected chi connectivity index (χ3v) is 5.04. The summed E-state index contributed by atoms with van der Waals surface area (Å²) in [5, 5.41) is 3.51. The zero-order valence-corrected chi connectivity index (χ0v) is 12.9. The second kappa shape index (κ2) is 6.45. The Morgan fingerprint density at radius 3 is 2.10 bits per heavy atom. The van der Waals surface area contributed by atoms with Crippen molar-refractivity contribution >= 4 is 21.6 Å². The molecule has 112 valence electrons. The molecule has 0 aromatic heterocycles. The van der Waals surface area contributed by atoms with E-state index in [9.17, 15) is 8.42 Å². The summed E-state index contributed by atoms with van der Waals surface area (Å²) in [6.07, 6.45) is 6.35. The first-order valence-electron chi connectivity index (χ1n) is 7.04. The molecule has 1 fully saturated rings. The minimum atomic E-state index is -3.43. The van der Waals surface area contributed by atoms with Crippen LogP contribution in [-0.2, 0) is 10.2 Å². The molecule has 0 saturated heterocycles. The van der Waals surface area contributed by atoms with Gasteiger partial charge in [-0.25, -0.2) is 0 Å². The Balaban J connectivity index is 1.96. The average molecular weight is 297 g/mol. The Morgan fingerprint density at radius 2 is 1.55 bits per heavy atom. The van der Waals surface area contributed by atoms with E-state index in [4.69, 9.17) is 0 Å². The van der Waals surface area contributed by atoms with Crippen LogP contribution in [0, 0.1) is 0 Å². The third-order valence-electron chi connectivity index (χ3n) is 3.59. The molecule has 0 amide bonds. The molecule has 5 nitrogen and oxygen atoms in total. The third kappa shape index (κ3) is 4.11. The molecular formula is C14H23N3O2S. The topological polar surface area (TPSA) is 61.4 Å². The minimum Gasteiger partial charge on any atom is -0.382 e. The van der Waals surface area contributed by atoms with Crippen LogP contribution in [0.4, 0.5) is 11.4 Å². The van der Waals surface area contributed by atoms with E-state index in [0.29, 0.717) is 11.7 Å². The van der Waals surface area contributed by atoms with E-state index < -0.39 is 10.2 Å². The van der Waals surface area contributed by atoms with Gasteiger partial charge in [0.1, 0.15) is 0 Å². The number of nitrogens with zero attached hydrogens (tertiary/aromatic N) is 1. The van der Waals surface area contributed by atoms with Gasteiger partial charge in [-0.05, 0) is 37.1 Å². The Hall–Kier alpha value is -1.27. The van der Waals surface area contributed by atoms with Crippen LogP contribution >= 0.6 is 0 Å². The molecule has 2 rings (SSSR count). The molecular weight excluding hydrogens is 274 g/mol. The predicted octanol–water partition coefficient (Wildman–Crippen LogP) is 2.65. The van der Waals surface area contributed by atoms with E-state index in [1.54, 1.807) is 12.1 Å². The molecule has 1 aromatic carbocycles. The van der Waals surface area contributed by atoms with Gasteiger partial charge < -0.3 is 5.32 Å². The maximum atomic E-state index is 11.7. The normalized spacial score (nSPS) is 17.1. The van der Waals surface area contributed by atoms with Gasteiger partial charge in [-0.15, -0.1) is 0 Å². The number of nitrogens with one attached hydrogen (secondary N) is 2. The van der Waals surface area contributed by atoms with E-state index in [-0.39, 0.29) is 0 Å². The quantitative estimate of drug-likeness (QED) is 0.878. The summed E-state index contributed by atoms with van der Waals surface area (Å²) in [6, 6.07) is 7.95. The van der Waals surface area contributed by atoms with Crippen LogP contribution in [0.15, 0.2) is 24.3 Å². The smallest absolute Gasteiger partial charge is 0.301 e. The van der Waals surface area contributed by atoms with Crippen molar-refractivity contribution in [2.45, 2.75) is 38.1 Å². The summed E-state index contributed by atoms with van der Waals surface area (Å²) in [7, 11) is -0.426. The van der Waals surface area contributed by atoms with Crippen LogP contribution < -0.4 is 10.0 Å². The van der Waals surface area contributed by atoms with Crippen LogP contribution in [0.25, 0.3) is 0 Å². The highest BCUT2D eigenvalue weighted by atomic mass is 32.2. The predicted molar refractivity (Wildman–Crippen MR) is 83.2 cm³/mol. The number of hydrogen-bond donors (Lipinski definition) is 2. The molecule has 0 aliphatic heterocycles. The molecule has 6 heteroatoms. The van der Waals surface area contributed by atoms with Gasteiger partial charge in [0.15, 0.2) is 0 Å². The zero-order chi connectivity index (χ0) is 14.6. The van der Waals surface area contributed by atoms with Crippen molar-refractivity contribution in [3.05, 3.63) is 24.3 Å². The van der Waals surface area contributed by atoms with E-state index in [2.05, 4.69) is 10.0 Å². The highest BCUT2D eigenvalue weighted by Gasteiger charge is 2.14. The molecule has 0 unspecified atom stereocenters. The standard InChI is InChI=1S/C14H23N3O2S/c1-17(2)20(18,19)16-14-10-8-13(9-11-14)15-12-6-4-3-5-7-12/h8-12,15-16H,3-7H2,1-2H3. The fraction of sp³-hybridized carbons (Fsp3) is 0.571. The fourth-order valence-electron chi connectivity index (χ4n) is 2.36. The van der Waals surface area contributed by atoms with Crippen molar-refractivity contribution in [3.63, 3.8) is 0 Å². The van der Waals surface area contributed by atoms with E-state index in [1.807, 2.05) is 12.1 Å². The van der Waals surface area contributed by atoms with Crippen LogP contribution in [0.2, 0.25) is 0 Å². The maximum Gasteiger partial charge on any atom is 0.301 e. The molecule has 1 aromatic rings. The first-order chi connectivity index (χ1) is 9.47. The van der Waals surface area contributed by atoms with Gasteiger partial charge in [-0.3, -0.25) is 4.72 Å². The van der Waals surface area contributed by atoms with E-state index in [0.717, 1.165) is 9.99 Å². The summed E-state index contributed by atoms with van der Waals surface area (Å²) in [4.78, 5) is 0. The lowest BCUT2D eigenvalue weighted by molar-refractivity contribution is 0.463. The van der Waals surface area contributed by atoms with Gasteiger partial charge in [-0.1, -0.05) is 19.3 Å². The lowest BCUT2D eigenvalue weighted by atomic mass is 9.95. The van der Waals surface area contributed by atoms with Crippen LogP contribution in [0.3, 0.4) is 0 Å². The summed E-state index contributed by atoms with van der Waals surface area (Å²) in [5.74, 6) is 0. The van der Waals surface area contributed by atoms with Crippen molar-refractivity contribution < 1.29 is 8.42 Å². The Bertz CT molecular complexity index is 520. The second-order valence-electron chi connectivity index (χ2n) is 5.45. The number of hydrogen-bond acceptors (Lipinski definition) is 3. The van der Waals surface area contributed by atoms with Crippen molar-refractivity contribution in [2.24, 2.45) is 0 Å². The molecule has 0 bridgehead atoms. The second-order valence-corrected chi connectivity index (χ2v) is 7.33. The molecule has 0 heterocycles. The molecule has 0 atom stereocenters. The number of anilines is 2. The molecule has 1 aliphatic carbocycles. The van der Waals surface area contributed by atoms with Gasteiger partial charge in [0, 0.05) is 31.5 Å². The van der Waals surface area contributed by atoms with Gasteiger partial charge in [-0.2, -0.15) is 12.7 Å². The minimum absolute atomic E-state index is 0.549. The van der Waals surface area contributed by atoms with Crippen molar-refractivity contribution in [1.82, 2.24) is 4.31 Å². The fourth-order valence-corrected chi connectivity index (χ4v) is 2.97. The first kappa shape index (κ1) is 15.1. The van der Waals surface area contributed by atoms with Crippen molar-refractivity contribution in [3.8, 4) is 0 Å². The molecule has 0 spiro atoms. The van der Waals surface area contributed by atoms with E-state index >= 15 is 0 Å². The van der Waals surface area contributed by atoms with Gasteiger partial charge in [0.05, 0.1) is 0 Å². The summed E-state index contributed by atoms with van der Waals surface area (Å²) in [6.45, 7) is 0. The molecule has 20 heavy (non-hydrogen) atoms. The number of benzene rings is 1. The van der Waals surface area contributed by atoms with Crippen LogP contribution in [0.5, 0.6) is 0 Å². The first-order valence-corrected chi connectivity index (χ1v) is 8.48. The maximum absolute atomic E-state index is 11.7. The van der Waals surface area contributed by atoms with Crippen molar-refractivity contribution in [2.75, 3.05) is 24.1 Å². The van der Waals surface area contributed by atoms with Crippen LogP contribution in [0.1, 0.15) is 32.1 Å². The van der Waals surface area contributed by atoms with Crippen LogP contribution in [-0.4, -0.2) is 32.9 Å². The molecule has 1 aliphatic rings. The van der Waals surface area contributed by atoms with E-state index in [1.165, 1.54) is 46.2 Å². The number of rotatable bonds is 5. The highest BCUT2D eigenvalue weighted by molar-refractivity contribution is 7.90. The summed E-state index contributed by atoms with van der Waals surface area (Å²) < 4.78 is 27.1. The molecule has 2 N–H and O–H groups in total. The largest absolute Gasteiger partial charge is 0.382 e. The Morgan fingerprint density at radius 1 is 1.00 bits per heavy atom. The molecule has 0 radical (unpaired) electrons. The summed E-state index contributed by atoms with van der Waals surface area (Å²) >= 11 is 0. The zero-order valence-electron chi connectivity index (χ0n) is 12.1. The Labute approximate surface area is 121 Å². The lowest BCUT2D eigenvalue weighted by Gasteiger charge is -2.24. The average Bonchev–Trinajstić information content (AvgIpc) is 2.42. The Kier molecular flexibility index (Phi) is 4.88. The lowest BCUT2D eigenvalue weighted by Crippen LogP contribution is -2.28. The van der Waals surface area contributed by atoms with Gasteiger partial charge in [0.2, 0.25) is 0 Å². The monoisotopic (exact) mass is 297 g/mol. The summed E-state index contributed by atoms with van der Waals surface area (Å²) in [5.41, 5.74) is 1.62. The SMILES string of the molecule is CN(C)S(=O)(=O)Nc1ccc(NC2CCCCC2)cc1.